The predicted molar refractivity (Wildman–Crippen MR) is 92.1 cm³/mol. The first-order valence-electron chi connectivity index (χ1n) is 8.18. The fourth-order valence-corrected chi connectivity index (χ4v) is 3.20. The Kier molecular flexibility index (Phi) is 3.90. The number of rotatable bonds is 3. The molecule has 0 bridgehead atoms. The monoisotopic (exact) mass is 304 g/mol. The zero-order valence-electron chi connectivity index (χ0n) is 13.0. The SMILES string of the molecule is c1ccc(-c2nc(C3CCCNC3)[nH]c2-c2ccncc2)cc1. The van der Waals surface area contributed by atoms with Crippen molar-refractivity contribution >= 4 is 0 Å². The third-order valence-corrected chi connectivity index (χ3v) is 4.42. The lowest BCUT2D eigenvalue weighted by Gasteiger charge is -2.20. The van der Waals surface area contributed by atoms with Crippen molar-refractivity contribution in [3.63, 3.8) is 0 Å². The molecule has 1 atom stereocenters. The molecule has 116 valence electrons. The minimum absolute atomic E-state index is 0.460. The number of imidazole rings is 1. The van der Waals surface area contributed by atoms with E-state index in [1.807, 2.05) is 30.6 Å². The molecule has 2 N–H and O–H groups in total. The van der Waals surface area contributed by atoms with Crippen LogP contribution in [-0.2, 0) is 0 Å². The van der Waals surface area contributed by atoms with Gasteiger partial charge in [0.15, 0.2) is 0 Å². The van der Waals surface area contributed by atoms with Gasteiger partial charge in [0.05, 0.1) is 11.4 Å². The van der Waals surface area contributed by atoms with Gasteiger partial charge in [-0.3, -0.25) is 4.98 Å². The number of nitrogens with one attached hydrogen (secondary N) is 2. The first kappa shape index (κ1) is 14.2. The molecule has 0 saturated carbocycles. The maximum atomic E-state index is 4.96. The highest BCUT2D eigenvalue weighted by Gasteiger charge is 2.21. The molecule has 1 aliphatic rings. The molecule has 1 unspecified atom stereocenters. The smallest absolute Gasteiger partial charge is 0.111 e. The standard InChI is InChI=1S/C19H20N4/c1-2-5-14(6-3-1)17-18(15-8-11-20-12-9-15)23-19(22-17)16-7-4-10-21-13-16/h1-3,5-6,8-9,11-12,16,21H,4,7,10,13H2,(H,22,23). The van der Waals surface area contributed by atoms with E-state index in [0.717, 1.165) is 41.4 Å². The highest BCUT2D eigenvalue weighted by atomic mass is 15.0. The van der Waals surface area contributed by atoms with Crippen LogP contribution < -0.4 is 5.32 Å². The van der Waals surface area contributed by atoms with E-state index in [1.54, 1.807) is 0 Å². The number of aromatic nitrogens is 3. The summed E-state index contributed by atoms with van der Waals surface area (Å²) < 4.78 is 0. The van der Waals surface area contributed by atoms with Gasteiger partial charge in [0.2, 0.25) is 0 Å². The third kappa shape index (κ3) is 2.90. The van der Waals surface area contributed by atoms with Crippen LogP contribution in [0.25, 0.3) is 22.5 Å². The highest BCUT2D eigenvalue weighted by molar-refractivity contribution is 5.78. The molecule has 3 aromatic rings. The van der Waals surface area contributed by atoms with Gasteiger partial charge in [-0.1, -0.05) is 30.3 Å². The molecule has 1 saturated heterocycles. The molecule has 0 spiro atoms. The lowest BCUT2D eigenvalue weighted by atomic mass is 9.99. The van der Waals surface area contributed by atoms with Crippen LogP contribution in [0.3, 0.4) is 0 Å². The summed E-state index contributed by atoms with van der Waals surface area (Å²) in [4.78, 5) is 12.7. The van der Waals surface area contributed by atoms with Gasteiger partial charge in [0, 0.05) is 36.0 Å². The Balaban J connectivity index is 1.81. The van der Waals surface area contributed by atoms with Gasteiger partial charge in [-0.15, -0.1) is 0 Å². The van der Waals surface area contributed by atoms with E-state index in [0.29, 0.717) is 5.92 Å². The second kappa shape index (κ2) is 6.34. The molecule has 0 radical (unpaired) electrons. The highest BCUT2D eigenvalue weighted by Crippen LogP contribution is 2.32. The predicted octanol–water partition coefficient (Wildman–Crippen LogP) is 3.61. The van der Waals surface area contributed by atoms with E-state index < -0.39 is 0 Å². The first-order chi connectivity index (χ1) is 11.4. The van der Waals surface area contributed by atoms with Crippen molar-refractivity contribution in [2.24, 2.45) is 0 Å². The Labute approximate surface area is 136 Å². The molecular formula is C19H20N4. The van der Waals surface area contributed by atoms with Gasteiger partial charge in [0.25, 0.3) is 0 Å². The number of hydrogen-bond donors (Lipinski definition) is 2. The van der Waals surface area contributed by atoms with Crippen molar-refractivity contribution in [1.82, 2.24) is 20.3 Å². The van der Waals surface area contributed by atoms with E-state index in [2.05, 4.69) is 39.6 Å². The molecule has 1 aliphatic heterocycles. The molecule has 4 heteroatoms. The summed E-state index contributed by atoms with van der Waals surface area (Å²) in [5, 5.41) is 3.47. The van der Waals surface area contributed by atoms with Gasteiger partial charge >= 0.3 is 0 Å². The second-order valence-corrected chi connectivity index (χ2v) is 5.99. The van der Waals surface area contributed by atoms with Crippen molar-refractivity contribution < 1.29 is 0 Å². The molecule has 3 heterocycles. The third-order valence-electron chi connectivity index (χ3n) is 4.42. The number of pyridine rings is 1. The van der Waals surface area contributed by atoms with Gasteiger partial charge in [-0.05, 0) is 31.5 Å². The van der Waals surface area contributed by atoms with E-state index in [4.69, 9.17) is 4.98 Å². The van der Waals surface area contributed by atoms with Crippen LogP contribution in [0.5, 0.6) is 0 Å². The van der Waals surface area contributed by atoms with Crippen molar-refractivity contribution in [1.29, 1.82) is 0 Å². The molecule has 0 amide bonds. The zero-order chi connectivity index (χ0) is 15.5. The number of hydrogen-bond acceptors (Lipinski definition) is 3. The summed E-state index contributed by atoms with van der Waals surface area (Å²) in [5.74, 6) is 1.55. The normalized spacial score (nSPS) is 18.0. The van der Waals surface area contributed by atoms with Crippen LogP contribution in [0.2, 0.25) is 0 Å². The molecule has 1 fully saturated rings. The van der Waals surface area contributed by atoms with Crippen molar-refractivity contribution in [2.75, 3.05) is 13.1 Å². The number of nitrogens with zero attached hydrogens (tertiary/aromatic N) is 2. The Morgan fingerprint density at radius 1 is 0.957 bits per heavy atom. The summed E-state index contributed by atoms with van der Waals surface area (Å²) in [6.45, 7) is 2.11. The minimum Gasteiger partial charge on any atom is -0.341 e. The van der Waals surface area contributed by atoms with Crippen molar-refractivity contribution in [3.8, 4) is 22.5 Å². The van der Waals surface area contributed by atoms with Gasteiger partial charge in [0.1, 0.15) is 5.82 Å². The quantitative estimate of drug-likeness (QED) is 0.777. The van der Waals surface area contributed by atoms with Gasteiger partial charge in [-0.2, -0.15) is 0 Å². The fraction of sp³-hybridized carbons (Fsp3) is 0.263. The summed E-state index contributed by atoms with van der Waals surface area (Å²) in [5.41, 5.74) is 4.38. The summed E-state index contributed by atoms with van der Waals surface area (Å²) >= 11 is 0. The summed E-state index contributed by atoms with van der Waals surface area (Å²) in [6.07, 6.45) is 6.04. The summed E-state index contributed by atoms with van der Waals surface area (Å²) in [7, 11) is 0. The van der Waals surface area contributed by atoms with E-state index in [-0.39, 0.29) is 0 Å². The number of piperidine rings is 1. The van der Waals surface area contributed by atoms with E-state index in [9.17, 15) is 0 Å². The molecule has 4 rings (SSSR count). The number of H-pyrrole nitrogens is 1. The molecule has 2 aromatic heterocycles. The van der Waals surface area contributed by atoms with E-state index in [1.165, 1.54) is 12.8 Å². The molecule has 1 aromatic carbocycles. The Hall–Kier alpha value is -2.46. The number of aromatic amines is 1. The van der Waals surface area contributed by atoms with Crippen molar-refractivity contribution in [3.05, 3.63) is 60.7 Å². The maximum Gasteiger partial charge on any atom is 0.111 e. The largest absolute Gasteiger partial charge is 0.341 e. The van der Waals surface area contributed by atoms with Crippen molar-refractivity contribution in [2.45, 2.75) is 18.8 Å². The molecule has 0 aliphatic carbocycles. The fourth-order valence-electron chi connectivity index (χ4n) is 3.20. The first-order valence-corrected chi connectivity index (χ1v) is 8.18. The van der Waals surface area contributed by atoms with Gasteiger partial charge < -0.3 is 10.3 Å². The average Bonchev–Trinajstić information content (AvgIpc) is 3.09. The zero-order valence-corrected chi connectivity index (χ0v) is 13.0. The lowest BCUT2D eigenvalue weighted by Crippen LogP contribution is -2.28. The number of benzene rings is 1. The average molecular weight is 304 g/mol. The Morgan fingerprint density at radius 3 is 2.52 bits per heavy atom. The van der Waals surface area contributed by atoms with Crippen LogP contribution in [-0.4, -0.2) is 28.0 Å². The summed E-state index contributed by atoms with van der Waals surface area (Å²) in [6, 6.07) is 14.4. The lowest BCUT2D eigenvalue weighted by molar-refractivity contribution is 0.449. The van der Waals surface area contributed by atoms with E-state index >= 15 is 0 Å². The topological polar surface area (TPSA) is 53.6 Å². The van der Waals surface area contributed by atoms with Crippen LogP contribution in [0.4, 0.5) is 0 Å². The second-order valence-electron chi connectivity index (χ2n) is 5.99. The molecular weight excluding hydrogens is 284 g/mol. The minimum atomic E-state index is 0.460. The van der Waals surface area contributed by atoms with Crippen LogP contribution in [0.1, 0.15) is 24.6 Å². The molecule has 4 nitrogen and oxygen atoms in total. The van der Waals surface area contributed by atoms with Crippen LogP contribution in [0, 0.1) is 0 Å². The van der Waals surface area contributed by atoms with Gasteiger partial charge in [-0.25, -0.2) is 4.98 Å². The molecule has 23 heavy (non-hydrogen) atoms. The van der Waals surface area contributed by atoms with Crippen LogP contribution >= 0.6 is 0 Å². The Morgan fingerprint density at radius 2 is 1.78 bits per heavy atom. The maximum absolute atomic E-state index is 4.96. The Bertz CT molecular complexity index is 702. The van der Waals surface area contributed by atoms with Crippen LogP contribution in [0.15, 0.2) is 54.9 Å².